The second-order valence-corrected chi connectivity index (χ2v) is 5.76. The summed E-state index contributed by atoms with van der Waals surface area (Å²) in [5.74, 6) is -0.385. The first-order valence-corrected chi connectivity index (χ1v) is 8.21. The maximum atomic E-state index is 12.0. The van der Waals surface area contributed by atoms with Gasteiger partial charge >= 0.3 is 6.03 Å². The lowest BCUT2D eigenvalue weighted by atomic mass is 10.2. The molecule has 136 valence electrons. The van der Waals surface area contributed by atoms with E-state index in [1.807, 2.05) is 31.2 Å². The van der Waals surface area contributed by atoms with Gasteiger partial charge in [0.25, 0.3) is 5.91 Å². The van der Waals surface area contributed by atoms with E-state index in [4.69, 9.17) is 0 Å². The van der Waals surface area contributed by atoms with Crippen molar-refractivity contribution in [3.8, 4) is 0 Å². The molecule has 0 aliphatic rings. The maximum Gasteiger partial charge on any atom is 0.323 e. The lowest BCUT2D eigenvalue weighted by Gasteiger charge is -2.09. The zero-order valence-electron chi connectivity index (χ0n) is 14.8. The van der Waals surface area contributed by atoms with Crippen LogP contribution in [0.3, 0.4) is 0 Å². The lowest BCUT2D eigenvalue weighted by Crippen LogP contribution is -2.33. The second-order valence-electron chi connectivity index (χ2n) is 5.76. The van der Waals surface area contributed by atoms with E-state index in [2.05, 4.69) is 21.3 Å². The molecule has 0 atom stereocenters. The molecule has 0 bridgehead atoms. The molecule has 0 saturated carbocycles. The Morgan fingerprint density at radius 1 is 0.769 bits per heavy atom. The Bertz CT molecular complexity index is 770. The molecule has 0 spiro atoms. The van der Waals surface area contributed by atoms with E-state index < -0.39 is 0 Å². The van der Waals surface area contributed by atoms with Crippen molar-refractivity contribution in [3.63, 3.8) is 0 Å². The molecule has 4 amide bonds. The highest BCUT2D eigenvalue weighted by atomic mass is 16.2. The smallest absolute Gasteiger partial charge is 0.323 e. The SMILES string of the molecule is CC(=O)NCCNC(=O)c1ccc(NC(=O)Nc2ccc(C)cc2)cc1. The second kappa shape index (κ2) is 9.22. The van der Waals surface area contributed by atoms with Crippen molar-refractivity contribution in [2.45, 2.75) is 13.8 Å². The standard InChI is InChI=1S/C19H22N4O3/c1-13-3-7-16(8-4-13)22-19(26)23-17-9-5-15(6-10-17)18(25)21-12-11-20-14(2)24/h3-10H,11-12H2,1-2H3,(H,20,24)(H,21,25)(H2,22,23,26). The third kappa shape index (κ3) is 6.27. The van der Waals surface area contributed by atoms with Crippen molar-refractivity contribution in [2.75, 3.05) is 23.7 Å². The molecule has 0 radical (unpaired) electrons. The van der Waals surface area contributed by atoms with E-state index in [-0.39, 0.29) is 17.8 Å². The quantitative estimate of drug-likeness (QED) is 0.600. The van der Waals surface area contributed by atoms with Gasteiger partial charge in [-0.2, -0.15) is 0 Å². The van der Waals surface area contributed by atoms with Crippen LogP contribution in [0.5, 0.6) is 0 Å². The van der Waals surface area contributed by atoms with Crippen LogP contribution in [0.2, 0.25) is 0 Å². The van der Waals surface area contributed by atoms with Gasteiger partial charge in [0.15, 0.2) is 0 Å². The van der Waals surface area contributed by atoms with E-state index >= 15 is 0 Å². The van der Waals surface area contributed by atoms with Gasteiger partial charge in [0, 0.05) is 37.0 Å². The minimum absolute atomic E-state index is 0.140. The summed E-state index contributed by atoms with van der Waals surface area (Å²) in [6.45, 7) is 4.11. The average molecular weight is 354 g/mol. The van der Waals surface area contributed by atoms with E-state index in [0.29, 0.717) is 30.0 Å². The molecular weight excluding hydrogens is 332 g/mol. The van der Waals surface area contributed by atoms with Crippen LogP contribution in [-0.4, -0.2) is 30.9 Å². The van der Waals surface area contributed by atoms with E-state index in [1.165, 1.54) is 6.92 Å². The summed E-state index contributed by atoms with van der Waals surface area (Å²) < 4.78 is 0. The normalized spacial score (nSPS) is 9.92. The molecule has 0 aliphatic heterocycles. The summed E-state index contributed by atoms with van der Waals surface area (Å²) in [6.07, 6.45) is 0. The van der Waals surface area contributed by atoms with Crippen LogP contribution in [0.15, 0.2) is 48.5 Å². The van der Waals surface area contributed by atoms with E-state index in [0.717, 1.165) is 5.56 Å². The van der Waals surface area contributed by atoms with Gasteiger partial charge in [-0.05, 0) is 43.3 Å². The van der Waals surface area contributed by atoms with Crippen LogP contribution in [0.25, 0.3) is 0 Å². The number of amides is 4. The number of urea groups is 1. The molecule has 0 heterocycles. The molecule has 2 aromatic rings. The minimum Gasteiger partial charge on any atom is -0.355 e. The highest BCUT2D eigenvalue weighted by Gasteiger charge is 2.06. The third-order valence-corrected chi connectivity index (χ3v) is 3.50. The number of aryl methyl sites for hydroxylation is 1. The predicted molar refractivity (Wildman–Crippen MR) is 101 cm³/mol. The lowest BCUT2D eigenvalue weighted by molar-refractivity contribution is -0.118. The molecule has 0 saturated heterocycles. The highest BCUT2D eigenvalue weighted by Crippen LogP contribution is 2.12. The number of hydrogen-bond acceptors (Lipinski definition) is 3. The van der Waals surface area contributed by atoms with Gasteiger partial charge in [0.1, 0.15) is 0 Å². The van der Waals surface area contributed by atoms with Gasteiger partial charge in [0.05, 0.1) is 0 Å². The number of nitrogens with one attached hydrogen (secondary N) is 4. The molecule has 0 aromatic heterocycles. The first kappa shape index (κ1) is 19.0. The van der Waals surface area contributed by atoms with Crippen LogP contribution in [0.1, 0.15) is 22.8 Å². The Balaban J connectivity index is 1.82. The number of rotatable bonds is 6. The first-order valence-electron chi connectivity index (χ1n) is 8.21. The molecule has 26 heavy (non-hydrogen) atoms. The molecule has 7 nitrogen and oxygen atoms in total. The van der Waals surface area contributed by atoms with Gasteiger partial charge in [-0.1, -0.05) is 17.7 Å². The first-order chi connectivity index (χ1) is 12.4. The van der Waals surface area contributed by atoms with E-state index in [9.17, 15) is 14.4 Å². The van der Waals surface area contributed by atoms with Crippen LogP contribution in [0, 0.1) is 6.92 Å². The maximum absolute atomic E-state index is 12.0. The number of hydrogen-bond donors (Lipinski definition) is 4. The summed E-state index contributed by atoms with van der Waals surface area (Å²) in [5.41, 5.74) is 2.85. The molecule has 0 fully saturated rings. The van der Waals surface area contributed by atoms with Gasteiger partial charge in [-0.25, -0.2) is 4.79 Å². The summed E-state index contributed by atoms with van der Waals surface area (Å²) in [4.78, 5) is 34.7. The fourth-order valence-corrected chi connectivity index (χ4v) is 2.15. The number of carbonyl (C=O) groups excluding carboxylic acids is 3. The van der Waals surface area contributed by atoms with Crippen molar-refractivity contribution in [1.82, 2.24) is 10.6 Å². The van der Waals surface area contributed by atoms with Gasteiger partial charge in [-0.3, -0.25) is 9.59 Å². The van der Waals surface area contributed by atoms with Gasteiger partial charge < -0.3 is 21.3 Å². The van der Waals surface area contributed by atoms with Crippen molar-refractivity contribution in [3.05, 3.63) is 59.7 Å². The highest BCUT2D eigenvalue weighted by molar-refractivity contribution is 6.00. The summed E-state index contributed by atoms with van der Waals surface area (Å²) in [7, 11) is 0. The molecule has 2 rings (SSSR count). The van der Waals surface area contributed by atoms with Gasteiger partial charge in [-0.15, -0.1) is 0 Å². The van der Waals surface area contributed by atoms with Crippen LogP contribution < -0.4 is 21.3 Å². The Morgan fingerprint density at radius 2 is 1.27 bits per heavy atom. The fraction of sp³-hybridized carbons (Fsp3) is 0.211. The molecule has 2 aromatic carbocycles. The molecule has 7 heteroatoms. The van der Waals surface area contributed by atoms with Crippen molar-refractivity contribution < 1.29 is 14.4 Å². The number of benzene rings is 2. The van der Waals surface area contributed by atoms with Crippen LogP contribution in [0.4, 0.5) is 16.2 Å². The Hall–Kier alpha value is -3.35. The monoisotopic (exact) mass is 354 g/mol. The van der Waals surface area contributed by atoms with Gasteiger partial charge in [0.2, 0.25) is 5.91 Å². The van der Waals surface area contributed by atoms with Crippen LogP contribution in [-0.2, 0) is 4.79 Å². The fourth-order valence-electron chi connectivity index (χ4n) is 2.15. The van der Waals surface area contributed by atoms with Crippen LogP contribution >= 0.6 is 0 Å². The van der Waals surface area contributed by atoms with Crippen molar-refractivity contribution in [2.24, 2.45) is 0 Å². The van der Waals surface area contributed by atoms with E-state index in [1.54, 1.807) is 24.3 Å². The van der Waals surface area contributed by atoms with Crippen molar-refractivity contribution in [1.29, 1.82) is 0 Å². The number of anilines is 2. The number of carbonyl (C=O) groups is 3. The summed E-state index contributed by atoms with van der Waals surface area (Å²) in [5, 5.41) is 10.7. The molecule has 0 aliphatic carbocycles. The molecule has 4 N–H and O–H groups in total. The Labute approximate surface area is 152 Å². The molecular formula is C19H22N4O3. The third-order valence-electron chi connectivity index (χ3n) is 3.50. The zero-order valence-corrected chi connectivity index (χ0v) is 14.8. The average Bonchev–Trinajstić information content (AvgIpc) is 2.61. The topological polar surface area (TPSA) is 99.3 Å². The molecule has 0 unspecified atom stereocenters. The Kier molecular flexibility index (Phi) is 6.73. The Morgan fingerprint density at radius 3 is 1.81 bits per heavy atom. The predicted octanol–water partition coefficient (Wildman–Crippen LogP) is 2.50. The zero-order chi connectivity index (χ0) is 18.9. The summed E-state index contributed by atoms with van der Waals surface area (Å²) in [6, 6.07) is 13.6. The van der Waals surface area contributed by atoms with Crippen molar-refractivity contribution >= 4 is 29.2 Å². The summed E-state index contributed by atoms with van der Waals surface area (Å²) >= 11 is 0. The largest absolute Gasteiger partial charge is 0.355 e. The minimum atomic E-state index is -0.360.